The van der Waals surface area contributed by atoms with Gasteiger partial charge in [0.25, 0.3) is 5.56 Å². The Morgan fingerprint density at radius 2 is 2.03 bits per heavy atom. The van der Waals surface area contributed by atoms with Crippen LogP contribution in [0, 0.1) is 11.3 Å². The van der Waals surface area contributed by atoms with Gasteiger partial charge in [0.2, 0.25) is 5.95 Å². The molecule has 1 saturated carbocycles. The average Bonchev–Trinajstić information content (AvgIpc) is 3.17. The summed E-state index contributed by atoms with van der Waals surface area (Å²) < 4.78 is 41.3. The Labute approximate surface area is 188 Å². The Balaban J connectivity index is 1.57. The van der Waals surface area contributed by atoms with Gasteiger partial charge in [0.1, 0.15) is 10.7 Å². The van der Waals surface area contributed by atoms with E-state index in [0.29, 0.717) is 29.0 Å². The van der Waals surface area contributed by atoms with Crippen LogP contribution in [0.5, 0.6) is 0 Å². The minimum atomic E-state index is -4.58. The van der Waals surface area contributed by atoms with Crippen LogP contribution in [0.1, 0.15) is 37.7 Å². The van der Waals surface area contributed by atoms with Crippen molar-refractivity contribution < 1.29 is 13.2 Å². The predicted octanol–water partition coefficient (Wildman–Crippen LogP) is 4.50. The summed E-state index contributed by atoms with van der Waals surface area (Å²) in [5.41, 5.74) is 5.03. The highest BCUT2D eigenvalue weighted by molar-refractivity contribution is 7.99. The van der Waals surface area contributed by atoms with Crippen LogP contribution >= 0.6 is 11.8 Å². The summed E-state index contributed by atoms with van der Waals surface area (Å²) in [6.07, 6.45) is 5.00. The Kier molecular flexibility index (Phi) is 6.00. The second kappa shape index (κ2) is 8.46. The number of alkyl halides is 3. The maximum atomic E-state index is 13.3. The second-order valence-electron chi connectivity index (χ2n) is 8.69. The lowest BCUT2D eigenvalue weighted by Gasteiger charge is -2.40. The minimum Gasteiger partial charge on any atom is -0.382 e. The number of nitrogens with zero attached hydrogens (tertiary/aromatic N) is 4. The van der Waals surface area contributed by atoms with E-state index in [2.05, 4.69) is 22.6 Å². The fourth-order valence-electron chi connectivity index (χ4n) is 4.85. The number of halogens is 3. The highest BCUT2D eigenvalue weighted by Crippen LogP contribution is 2.49. The van der Waals surface area contributed by atoms with Gasteiger partial charge in [-0.3, -0.25) is 14.3 Å². The normalized spacial score (nSPS) is 20.6. The van der Waals surface area contributed by atoms with E-state index in [0.717, 1.165) is 38.5 Å². The first-order chi connectivity index (χ1) is 15.1. The molecule has 4 rings (SSSR count). The number of rotatable bonds is 4. The van der Waals surface area contributed by atoms with E-state index in [9.17, 15) is 18.0 Å². The Morgan fingerprint density at radius 3 is 2.66 bits per heavy atom. The summed E-state index contributed by atoms with van der Waals surface area (Å²) in [5.74, 6) is 0.965. The molecule has 1 spiro atoms. The topological polar surface area (TPSA) is 77.0 Å². The summed E-state index contributed by atoms with van der Waals surface area (Å²) in [4.78, 5) is 22.9. The lowest BCUT2D eigenvalue weighted by atomic mass is 9.76. The summed E-state index contributed by atoms with van der Waals surface area (Å²) in [6, 6.07) is 1.22. The molecule has 2 aromatic heterocycles. The van der Waals surface area contributed by atoms with E-state index >= 15 is 0 Å². The zero-order chi connectivity index (χ0) is 23.1. The van der Waals surface area contributed by atoms with Crippen molar-refractivity contribution in [3.05, 3.63) is 47.0 Å². The van der Waals surface area contributed by atoms with Crippen molar-refractivity contribution in [1.29, 1.82) is 0 Å². The molecular weight excluding hydrogens is 439 g/mol. The summed E-state index contributed by atoms with van der Waals surface area (Å²) in [7, 11) is 1.58. The fraction of sp³-hybridized carbons (Fsp3) is 0.500. The number of hydrogen-bond acceptors (Lipinski definition) is 6. The highest BCUT2D eigenvalue weighted by atomic mass is 32.2. The fourth-order valence-corrected chi connectivity index (χ4v) is 5.85. The van der Waals surface area contributed by atoms with Crippen LogP contribution in [0.3, 0.4) is 0 Å². The second-order valence-corrected chi connectivity index (χ2v) is 9.74. The monoisotopic (exact) mass is 465 g/mol. The van der Waals surface area contributed by atoms with Gasteiger partial charge in [-0.2, -0.15) is 18.2 Å². The first kappa shape index (κ1) is 22.7. The molecule has 2 aliphatic rings. The van der Waals surface area contributed by atoms with Crippen molar-refractivity contribution in [2.24, 2.45) is 18.4 Å². The number of piperidine rings is 1. The number of aromatic nitrogens is 3. The summed E-state index contributed by atoms with van der Waals surface area (Å²) >= 11 is 0.673. The van der Waals surface area contributed by atoms with Gasteiger partial charge in [-0.05, 0) is 49.5 Å². The van der Waals surface area contributed by atoms with Gasteiger partial charge in [-0.25, -0.2) is 0 Å². The van der Waals surface area contributed by atoms with E-state index < -0.39 is 17.3 Å². The van der Waals surface area contributed by atoms with Crippen molar-refractivity contribution in [3.8, 4) is 0 Å². The van der Waals surface area contributed by atoms with Crippen molar-refractivity contribution >= 4 is 23.5 Å². The molecule has 0 unspecified atom stereocenters. The predicted molar refractivity (Wildman–Crippen MR) is 119 cm³/mol. The molecule has 1 aliphatic heterocycles. The van der Waals surface area contributed by atoms with Gasteiger partial charge < -0.3 is 10.6 Å². The van der Waals surface area contributed by atoms with E-state index in [-0.39, 0.29) is 15.6 Å². The third-order valence-electron chi connectivity index (χ3n) is 6.73. The molecule has 10 heteroatoms. The molecule has 2 N–H and O–H groups in total. The van der Waals surface area contributed by atoms with Gasteiger partial charge in [0, 0.05) is 37.4 Å². The molecule has 6 nitrogen and oxygen atoms in total. The third-order valence-corrected chi connectivity index (χ3v) is 7.90. The number of nitrogen functional groups attached to an aromatic ring is 1. The van der Waals surface area contributed by atoms with Crippen LogP contribution in [-0.2, 0) is 13.2 Å². The Hall–Kier alpha value is -2.49. The van der Waals surface area contributed by atoms with Crippen molar-refractivity contribution in [2.75, 3.05) is 23.7 Å². The standard InChI is InChI=1S/C22H26F3N5OS/c1-3-14-4-6-21(12-14)7-10-30(11-8-21)20-28-18(26)17(19(31)29(20)2)32-16-5-9-27-13-15(16)22(23,24)25/h3,5,9,13-14H,1,4,6-8,10-12,26H2,2H3/t14-/m0/s1. The quantitative estimate of drug-likeness (QED) is 0.670. The van der Waals surface area contributed by atoms with Gasteiger partial charge >= 0.3 is 6.18 Å². The maximum absolute atomic E-state index is 13.3. The van der Waals surface area contributed by atoms with Crippen LogP contribution in [0.25, 0.3) is 0 Å². The Morgan fingerprint density at radius 1 is 1.31 bits per heavy atom. The van der Waals surface area contributed by atoms with Crippen molar-refractivity contribution in [1.82, 2.24) is 14.5 Å². The van der Waals surface area contributed by atoms with Gasteiger partial charge in [0.05, 0.1) is 5.56 Å². The number of hydrogen-bond donors (Lipinski definition) is 1. The van der Waals surface area contributed by atoms with Crippen LogP contribution in [0.2, 0.25) is 0 Å². The lowest BCUT2D eigenvalue weighted by Crippen LogP contribution is -2.42. The average molecular weight is 466 g/mol. The molecule has 1 aliphatic carbocycles. The van der Waals surface area contributed by atoms with Crippen LogP contribution in [0.4, 0.5) is 24.9 Å². The molecule has 0 amide bonds. The van der Waals surface area contributed by atoms with E-state index in [1.165, 1.54) is 29.7 Å². The molecular formula is C22H26F3N5OS. The van der Waals surface area contributed by atoms with E-state index in [1.807, 2.05) is 4.90 Å². The zero-order valence-corrected chi connectivity index (χ0v) is 18.7. The van der Waals surface area contributed by atoms with Crippen LogP contribution in [0.15, 0.2) is 45.7 Å². The van der Waals surface area contributed by atoms with Crippen molar-refractivity contribution in [3.63, 3.8) is 0 Å². The molecule has 1 saturated heterocycles. The largest absolute Gasteiger partial charge is 0.418 e. The number of allylic oxidation sites excluding steroid dienone is 1. The molecule has 32 heavy (non-hydrogen) atoms. The Bertz CT molecular complexity index is 1080. The third kappa shape index (κ3) is 4.24. The van der Waals surface area contributed by atoms with Crippen LogP contribution in [-0.4, -0.2) is 27.6 Å². The van der Waals surface area contributed by atoms with Gasteiger partial charge in [-0.15, -0.1) is 6.58 Å². The summed E-state index contributed by atoms with van der Waals surface area (Å²) in [5, 5.41) is 0. The lowest BCUT2D eigenvalue weighted by molar-refractivity contribution is -0.140. The zero-order valence-electron chi connectivity index (χ0n) is 17.9. The van der Waals surface area contributed by atoms with Gasteiger partial charge in [-0.1, -0.05) is 17.8 Å². The molecule has 2 fully saturated rings. The van der Waals surface area contributed by atoms with Crippen molar-refractivity contribution in [2.45, 2.75) is 48.1 Å². The smallest absolute Gasteiger partial charge is 0.382 e. The molecule has 3 heterocycles. The highest BCUT2D eigenvalue weighted by Gasteiger charge is 2.41. The first-order valence-corrected chi connectivity index (χ1v) is 11.4. The maximum Gasteiger partial charge on any atom is 0.418 e. The van der Waals surface area contributed by atoms with E-state index in [1.54, 1.807) is 7.05 Å². The van der Waals surface area contributed by atoms with Gasteiger partial charge in [0.15, 0.2) is 0 Å². The molecule has 0 radical (unpaired) electrons. The van der Waals surface area contributed by atoms with Crippen LogP contribution < -0.4 is 16.2 Å². The number of anilines is 2. The molecule has 1 atom stereocenters. The molecule has 0 bridgehead atoms. The molecule has 0 aromatic carbocycles. The van der Waals surface area contributed by atoms with E-state index in [4.69, 9.17) is 5.73 Å². The first-order valence-electron chi connectivity index (χ1n) is 10.6. The number of nitrogens with two attached hydrogens (primary N) is 1. The summed E-state index contributed by atoms with van der Waals surface area (Å²) in [6.45, 7) is 5.46. The molecule has 2 aromatic rings. The SMILES string of the molecule is C=C[C@H]1CCC2(CCN(c3nc(N)c(Sc4ccncc4C(F)(F)F)c(=O)n3C)CC2)C1. The molecule has 172 valence electrons. The number of pyridine rings is 1. The minimum absolute atomic E-state index is 0.0222.